The van der Waals surface area contributed by atoms with Crippen molar-refractivity contribution in [2.75, 3.05) is 6.54 Å². The number of nitrogens with zero attached hydrogens (tertiary/aromatic N) is 5. The highest BCUT2D eigenvalue weighted by atomic mass is 19.1. The first-order valence-corrected chi connectivity index (χ1v) is 11.9. The van der Waals surface area contributed by atoms with E-state index in [0.717, 1.165) is 35.4 Å². The van der Waals surface area contributed by atoms with Crippen LogP contribution in [0.3, 0.4) is 0 Å². The Bertz CT molecular complexity index is 1710. The molecule has 6 rings (SSSR count). The van der Waals surface area contributed by atoms with Gasteiger partial charge in [-0.15, -0.1) is 0 Å². The minimum atomic E-state index is -0.321. The second kappa shape index (κ2) is 9.62. The van der Waals surface area contributed by atoms with E-state index in [1.54, 1.807) is 48.9 Å². The van der Waals surface area contributed by atoms with Crippen molar-refractivity contribution in [3.8, 4) is 22.5 Å². The Kier molecular flexibility index (Phi) is 5.86. The normalized spacial score (nSPS) is 11.3. The topological polar surface area (TPSA) is 101 Å². The Balaban J connectivity index is 1.34. The number of carbonyl (C=O) groups is 1. The van der Waals surface area contributed by atoms with E-state index in [1.165, 1.54) is 12.1 Å². The summed E-state index contributed by atoms with van der Waals surface area (Å²) in [5, 5.41) is 2.96. The van der Waals surface area contributed by atoms with Crippen molar-refractivity contribution in [3.05, 3.63) is 103 Å². The summed E-state index contributed by atoms with van der Waals surface area (Å²) in [7, 11) is 0. The number of hydrogen-bond donors (Lipinski definition) is 2. The number of benzene rings is 2. The van der Waals surface area contributed by atoms with Gasteiger partial charge in [-0.05, 0) is 61.0 Å². The molecule has 0 aliphatic rings. The minimum Gasteiger partial charge on any atom is -0.352 e. The fourth-order valence-electron chi connectivity index (χ4n) is 4.26. The molecule has 0 atom stereocenters. The van der Waals surface area contributed by atoms with Crippen molar-refractivity contribution in [2.24, 2.45) is 0 Å². The third kappa shape index (κ3) is 4.66. The molecule has 2 N–H and O–H groups in total. The number of pyridine rings is 1. The number of nitrogens with one attached hydrogen (secondary N) is 2. The molecule has 6 aromatic rings. The lowest BCUT2D eigenvalue weighted by molar-refractivity contribution is 0.0953. The maximum Gasteiger partial charge on any atom is 0.251 e. The zero-order chi connectivity index (χ0) is 25.2. The third-order valence-electron chi connectivity index (χ3n) is 6.14. The van der Waals surface area contributed by atoms with Crippen LogP contribution in [0, 0.1) is 5.82 Å². The lowest BCUT2D eigenvalue weighted by Crippen LogP contribution is -2.24. The molecule has 182 valence electrons. The lowest BCUT2D eigenvalue weighted by atomic mass is 10.0. The Labute approximate surface area is 211 Å². The van der Waals surface area contributed by atoms with Crippen LogP contribution in [0.15, 0.2) is 85.6 Å². The molecule has 0 saturated heterocycles. The Morgan fingerprint density at radius 2 is 1.73 bits per heavy atom. The van der Waals surface area contributed by atoms with Gasteiger partial charge in [0.1, 0.15) is 17.3 Å². The highest BCUT2D eigenvalue weighted by Gasteiger charge is 2.16. The number of fused-ring (bicyclic) bond motifs is 2. The van der Waals surface area contributed by atoms with Gasteiger partial charge in [-0.2, -0.15) is 0 Å². The molecule has 37 heavy (non-hydrogen) atoms. The Morgan fingerprint density at radius 3 is 2.57 bits per heavy atom. The molecule has 4 aromatic heterocycles. The first-order valence-electron chi connectivity index (χ1n) is 11.9. The molecule has 0 fully saturated rings. The average molecular weight is 492 g/mol. The van der Waals surface area contributed by atoms with Crippen LogP contribution in [0.4, 0.5) is 4.39 Å². The van der Waals surface area contributed by atoms with Crippen molar-refractivity contribution in [1.29, 1.82) is 0 Å². The largest absolute Gasteiger partial charge is 0.352 e. The number of aryl methyl sites for hydroxylation is 1. The van der Waals surface area contributed by atoms with Gasteiger partial charge in [0.15, 0.2) is 0 Å². The van der Waals surface area contributed by atoms with E-state index < -0.39 is 0 Å². The van der Waals surface area contributed by atoms with Gasteiger partial charge in [-0.25, -0.2) is 24.3 Å². The van der Waals surface area contributed by atoms with E-state index in [4.69, 9.17) is 9.97 Å². The van der Waals surface area contributed by atoms with Gasteiger partial charge in [-0.1, -0.05) is 0 Å². The zero-order valence-corrected chi connectivity index (χ0v) is 19.7. The quantitative estimate of drug-likeness (QED) is 0.311. The smallest absolute Gasteiger partial charge is 0.251 e. The summed E-state index contributed by atoms with van der Waals surface area (Å²) in [4.78, 5) is 34.2. The summed E-state index contributed by atoms with van der Waals surface area (Å²) < 4.78 is 15.5. The fraction of sp³-hybridized carbons (Fsp3) is 0.107. The first kappa shape index (κ1) is 22.5. The molecule has 0 bridgehead atoms. The molecule has 9 heteroatoms. The standard InChI is InChI=1S/C28H22FN7O/c29-21-7-3-18(4-8-21)26-27(20-6-10-25-32-14-15-36(25)17-20)35-23-16-19(5-9-22(23)34-26)28(37)33-11-1-2-24-30-12-13-31-24/h3-10,12-17H,1-2,11H2,(H,30,31)(H,33,37). The van der Waals surface area contributed by atoms with Gasteiger partial charge >= 0.3 is 0 Å². The summed E-state index contributed by atoms with van der Waals surface area (Å²) in [6.45, 7) is 0.531. The zero-order valence-electron chi connectivity index (χ0n) is 19.7. The van der Waals surface area contributed by atoms with Crippen molar-refractivity contribution >= 4 is 22.6 Å². The first-order chi connectivity index (χ1) is 18.1. The molecule has 0 aliphatic carbocycles. The number of carbonyl (C=O) groups excluding carboxylic acids is 1. The number of rotatable bonds is 7. The predicted molar refractivity (Wildman–Crippen MR) is 138 cm³/mol. The van der Waals surface area contributed by atoms with Gasteiger partial charge in [0, 0.05) is 60.6 Å². The fourth-order valence-corrected chi connectivity index (χ4v) is 4.26. The summed E-state index contributed by atoms with van der Waals surface area (Å²) in [5.74, 6) is 0.402. The van der Waals surface area contributed by atoms with Crippen LogP contribution in [0.2, 0.25) is 0 Å². The van der Waals surface area contributed by atoms with Crippen molar-refractivity contribution < 1.29 is 9.18 Å². The SMILES string of the molecule is O=C(NCCCc1ncc[nH]1)c1ccc2nc(-c3ccc(F)cc3)c(-c3ccc4nccn4c3)nc2c1. The van der Waals surface area contributed by atoms with Gasteiger partial charge in [0.05, 0.1) is 22.4 Å². The minimum absolute atomic E-state index is 0.174. The molecule has 0 aliphatic heterocycles. The molecule has 0 radical (unpaired) electrons. The maximum atomic E-state index is 13.6. The third-order valence-corrected chi connectivity index (χ3v) is 6.14. The van der Waals surface area contributed by atoms with E-state index in [2.05, 4.69) is 20.3 Å². The number of aromatic nitrogens is 6. The van der Waals surface area contributed by atoms with E-state index in [0.29, 0.717) is 34.5 Å². The second-order valence-corrected chi connectivity index (χ2v) is 8.64. The van der Waals surface area contributed by atoms with Crippen LogP contribution in [0.25, 0.3) is 39.2 Å². The van der Waals surface area contributed by atoms with Crippen LogP contribution in [0.5, 0.6) is 0 Å². The number of H-pyrrole nitrogens is 1. The van der Waals surface area contributed by atoms with Gasteiger partial charge in [0.2, 0.25) is 0 Å². The van der Waals surface area contributed by atoms with E-state index in [9.17, 15) is 9.18 Å². The number of halogens is 1. The molecular weight excluding hydrogens is 469 g/mol. The van der Waals surface area contributed by atoms with E-state index >= 15 is 0 Å². The van der Waals surface area contributed by atoms with Crippen LogP contribution >= 0.6 is 0 Å². The number of amides is 1. The van der Waals surface area contributed by atoms with Crippen LogP contribution < -0.4 is 5.32 Å². The lowest BCUT2D eigenvalue weighted by Gasteiger charge is -2.12. The van der Waals surface area contributed by atoms with Crippen LogP contribution in [-0.2, 0) is 6.42 Å². The monoisotopic (exact) mass is 491 g/mol. The Morgan fingerprint density at radius 1 is 0.919 bits per heavy atom. The van der Waals surface area contributed by atoms with Crippen LogP contribution in [-0.4, -0.2) is 41.8 Å². The van der Waals surface area contributed by atoms with Gasteiger partial charge in [0.25, 0.3) is 5.91 Å². The number of hydrogen-bond acceptors (Lipinski definition) is 5. The molecule has 1 amide bonds. The van der Waals surface area contributed by atoms with E-state index in [1.807, 2.05) is 28.9 Å². The summed E-state index contributed by atoms with van der Waals surface area (Å²) in [5.41, 5.74) is 5.38. The summed E-state index contributed by atoms with van der Waals surface area (Å²) in [6.07, 6.45) is 10.5. The van der Waals surface area contributed by atoms with Crippen LogP contribution in [0.1, 0.15) is 22.6 Å². The molecule has 0 saturated carbocycles. The highest BCUT2D eigenvalue weighted by Crippen LogP contribution is 2.31. The van der Waals surface area contributed by atoms with Gasteiger partial charge in [-0.3, -0.25) is 4.79 Å². The number of imidazole rings is 2. The molecule has 4 heterocycles. The molecule has 0 unspecified atom stereocenters. The highest BCUT2D eigenvalue weighted by molar-refractivity contribution is 5.98. The second-order valence-electron chi connectivity index (χ2n) is 8.64. The van der Waals surface area contributed by atoms with Crippen molar-refractivity contribution in [1.82, 2.24) is 34.6 Å². The molecule has 2 aromatic carbocycles. The predicted octanol–water partition coefficient (Wildman–Crippen LogP) is 4.84. The summed E-state index contributed by atoms with van der Waals surface area (Å²) in [6, 6.07) is 15.3. The number of aromatic amines is 1. The van der Waals surface area contributed by atoms with Gasteiger partial charge < -0.3 is 14.7 Å². The van der Waals surface area contributed by atoms with E-state index in [-0.39, 0.29) is 11.7 Å². The van der Waals surface area contributed by atoms with Crippen molar-refractivity contribution in [2.45, 2.75) is 12.8 Å². The Hall–Kier alpha value is -4.92. The molecular formula is C28H22FN7O. The van der Waals surface area contributed by atoms with Crippen molar-refractivity contribution in [3.63, 3.8) is 0 Å². The summed E-state index contributed by atoms with van der Waals surface area (Å²) >= 11 is 0. The molecule has 0 spiro atoms. The maximum absolute atomic E-state index is 13.6. The average Bonchev–Trinajstić information content (AvgIpc) is 3.62. The molecule has 8 nitrogen and oxygen atoms in total.